The van der Waals surface area contributed by atoms with Crippen molar-refractivity contribution in [2.45, 2.75) is 39.5 Å². The number of unbranched alkanes of at least 4 members (excludes halogenated alkanes) is 2. The number of benzene rings is 1. The highest BCUT2D eigenvalue weighted by Gasteiger charge is 1.98. The Bertz CT molecular complexity index is 316. The number of hydrogen-bond acceptors (Lipinski definition) is 2. The van der Waals surface area contributed by atoms with Crippen LogP contribution in [-0.4, -0.2) is 20.7 Å². The molecule has 0 aliphatic carbocycles. The zero-order chi connectivity index (χ0) is 13.4. The first-order valence-electron chi connectivity index (χ1n) is 6.79. The number of hydrogen-bond donors (Lipinski definition) is 0. The fraction of sp³-hybridized carbons (Fsp3) is 0.562. The molecule has 0 heterocycles. The third-order valence-corrected chi connectivity index (χ3v) is 2.94. The Morgan fingerprint density at radius 1 is 1.00 bits per heavy atom. The molecule has 0 saturated heterocycles. The van der Waals surface area contributed by atoms with E-state index in [4.69, 9.17) is 4.74 Å². The molecule has 1 aromatic rings. The summed E-state index contributed by atoms with van der Waals surface area (Å²) in [6.07, 6.45) is 4.92. The van der Waals surface area contributed by atoms with Crippen molar-refractivity contribution in [3.63, 3.8) is 0 Å². The fourth-order valence-corrected chi connectivity index (χ4v) is 1.79. The minimum atomic E-state index is 0.823. The van der Waals surface area contributed by atoms with E-state index < -0.39 is 0 Å². The predicted octanol–water partition coefficient (Wildman–Crippen LogP) is 4.31. The molecule has 0 amide bonds. The lowest BCUT2D eigenvalue weighted by atomic mass is 10.1. The second kappa shape index (κ2) is 8.02. The van der Waals surface area contributed by atoms with E-state index in [1.807, 2.05) is 26.2 Å². The molecule has 0 aliphatic rings. The lowest BCUT2D eigenvalue weighted by molar-refractivity contribution is 0.305. The van der Waals surface area contributed by atoms with E-state index in [1.165, 1.54) is 30.9 Å². The second-order valence-electron chi connectivity index (χ2n) is 5.25. The Morgan fingerprint density at radius 2 is 1.67 bits per heavy atom. The van der Waals surface area contributed by atoms with Gasteiger partial charge in [0.2, 0.25) is 0 Å². The van der Waals surface area contributed by atoms with Crippen LogP contribution in [0.2, 0.25) is 0 Å². The van der Waals surface area contributed by atoms with Crippen LogP contribution in [0, 0.1) is 5.92 Å². The first-order chi connectivity index (χ1) is 8.59. The molecule has 0 saturated carbocycles. The summed E-state index contributed by atoms with van der Waals surface area (Å²) < 4.78 is 5.72. The minimum absolute atomic E-state index is 0.823. The molecule has 1 aromatic carbocycles. The van der Waals surface area contributed by atoms with Crippen LogP contribution >= 0.6 is 0 Å². The molecule has 0 N–H and O–H groups in total. The van der Waals surface area contributed by atoms with Crippen LogP contribution in [0.15, 0.2) is 24.3 Å². The highest BCUT2D eigenvalue weighted by Crippen LogP contribution is 2.18. The summed E-state index contributed by atoms with van der Waals surface area (Å²) in [6, 6.07) is 8.26. The lowest BCUT2D eigenvalue weighted by Crippen LogP contribution is -2.08. The van der Waals surface area contributed by atoms with E-state index in [0.29, 0.717) is 0 Å². The third-order valence-electron chi connectivity index (χ3n) is 2.94. The van der Waals surface area contributed by atoms with Crippen molar-refractivity contribution in [2.24, 2.45) is 0 Å². The zero-order valence-electron chi connectivity index (χ0n) is 12.2. The fourth-order valence-electron chi connectivity index (χ4n) is 1.79. The van der Waals surface area contributed by atoms with Gasteiger partial charge in [-0.2, -0.15) is 0 Å². The van der Waals surface area contributed by atoms with Crippen molar-refractivity contribution < 1.29 is 4.74 Å². The van der Waals surface area contributed by atoms with Crippen LogP contribution in [0.25, 0.3) is 0 Å². The van der Waals surface area contributed by atoms with Gasteiger partial charge in [-0.05, 0) is 43.0 Å². The monoisotopic (exact) mass is 248 g/mol. The molecule has 0 fully saturated rings. The molecule has 0 bridgehead atoms. The molecular formula is C16H26NO. The number of anilines is 1. The normalized spacial score (nSPS) is 10.7. The molecule has 2 nitrogen and oxygen atoms in total. The molecule has 0 unspecified atom stereocenters. The van der Waals surface area contributed by atoms with Gasteiger partial charge in [-0.25, -0.2) is 0 Å². The molecule has 0 aliphatic heterocycles. The summed E-state index contributed by atoms with van der Waals surface area (Å²) in [4.78, 5) is 2.09. The Balaban J connectivity index is 2.15. The minimum Gasteiger partial charge on any atom is -0.494 e. The van der Waals surface area contributed by atoms with Gasteiger partial charge in [-0.15, -0.1) is 0 Å². The van der Waals surface area contributed by atoms with Crippen molar-refractivity contribution in [1.82, 2.24) is 0 Å². The molecule has 0 spiro atoms. The molecular weight excluding hydrogens is 222 g/mol. The van der Waals surface area contributed by atoms with Gasteiger partial charge in [0.1, 0.15) is 5.75 Å². The smallest absolute Gasteiger partial charge is 0.119 e. The quantitative estimate of drug-likeness (QED) is 0.636. The highest BCUT2D eigenvalue weighted by atomic mass is 16.5. The standard InChI is InChI=1S/C16H26NO/c1-14(2)8-6-5-7-13-18-16-11-9-15(10-12-16)17(3)4/h9-12H,5-8,13H2,1-4H3. The first-order valence-corrected chi connectivity index (χ1v) is 6.79. The van der Waals surface area contributed by atoms with Gasteiger partial charge in [0.15, 0.2) is 0 Å². The highest BCUT2D eigenvalue weighted by molar-refractivity contribution is 5.47. The SMILES string of the molecule is C[C](C)CCCCCOc1ccc(N(C)C)cc1. The molecule has 0 atom stereocenters. The van der Waals surface area contributed by atoms with Crippen LogP contribution in [0.1, 0.15) is 39.5 Å². The van der Waals surface area contributed by atoms with Gasteiger partial charge in [-0.3, -0.25) is 0 Å². The zero-order valence-corrected chi connectivity index (χ0v) is 12.2. The van der Waals surface area contributed by atoms with Gasteiger partial charge in [0, 0.05) is 19.8 Å². The van der Waals surface area contributed by atoms with Crippen LogP contribution in [0.5, 0.6) is 5.75 Å². The van der Waals surface area contributed by atoms with Gasteiger partial charge in [-0.1, -0.05) is 26.7 Å². The maximum absolute atomic E-state index is 5.72. The summed E-state index contributed by atoms with van der Waals surface area (Å²) in [7, 11) is 4.09. The van der Waals surface area contributed by atoms with E-state index >= 15 is 0 Å². The lowest BCUT2D eigenvalue weighted by Gasteiger charge is -2.13. The topological polar surface area (TPSA) is 12.5 Å². The van der Waals surface area contributed by atoms with E-state index in [9.17, 15) is 0 Å². The van der Waals surface area contributed by atoms with Gasteiger partial charge >= 0.3 is 0 Å². The van der Waals surface area contributed by atoms with Crippen molar-refractivity contribution in [1.29, 1.82) is 0 Å². The van der Waals surface area contributed by atoms with E-state index in [2.05, 4.69) is 30.9 Å². The van der Waals surface area contributed by atoms with E-state index in [0.717, 1.165) is 18.8 Å². The maximum Gasteiger partial charge on any atom is 0.119 e. The van der Waals surface area contributed by atoms with Gasteiger partial charge < -0.3 is 9.64 Å². The van der Waals surface area contributed by atoms with Crippen molar-refractivity contribution in [3.8, 4) is 5.75 Å². The van der Waals surface area contributed by atoms with Crippen molar-refractivity contribution in [3.05, 3.63) is 30.2 Å². The molecule has 2 heteroatoms. The van der Waals surface area contributed by atoms with Crippen LogP contribution in [-0.2, 0) is 0 Å². The summed E-state index contributed by atoms with van der Waals surface area (Å²) in [5, 5.41) is 0. The summed E-state index contributed by atoms with van der Waals surface area (Å²) >= 11 is 0. The van der Waals surface area contributed by atoms with E-state index in [-0.39, 0.29) is 0 Å². The van der Waals surface area contributed by atoms with Gasteiger partial charge in [0.25, 0.3) is 0 Å². The first kappa shape index (κ1) is 14.9. The third kappa shape index (κ3) is 5.95. The molecule has 1 rings (SSSR count). The van der Waals surface area contributed by atoms with Crippen molar-refractivity contribution >= 4 is 5.69 Å². The molecule has 18 heavy (non-hydrogen) atoms. The summed E-state index contributed by atoms with van der Waals surface area (Å²) in [6.45, 7) is 5.22. The second-order valence-corrected chi connectivity index (χ2v) is 5.25. The number of nitrogens with zero attached hydrogens (tertiary/aromatic N) is 1. The largest absolute Gasteiger partial charge is 0.494 e. The average molecular weight is 248 g/mol. The average Bonchev–Trinajstić information content (AvgIpc) is 2.34. The predicted molar refractivity (Wildman–Crippen MR) is 79.3 cm³/mol. The van der Waals surface area contributed by atoms with Crippen molar-refractivity contribution in [2.75, 3.05) is 25.6 Å². The van der Waals surface area contributed by atoms with E-state index in [1.54, 1.807) is 0 Å². The van der Waals surface area contributed by atoms with Crippen LogP contribution in [0.3, 0.4) is 0 Å². The van der Waals surface area contributed by atoms with Crippen LogP contribution in [0.4, 0.5) is 5.69 Å². The molecule has 0 aromatic heterocycles. The maximum atomic E-state index is 5.72. The molecule has 101 valence electrons. The number of rotatable bonds is 8. The number of ether oxygens (including phenoxy) is 1. The summed E-state index contributed by atoms with van der Waals surface area (Å²) in [5.74, 6) is 2.49. The van der Waals surface area contributed by atoms with Crippen LogP contribution < -0.4 is 9.64 Å². The molecule has 1 radical (unpaired) electrons. The Labute approximate surface area is 112 Å². The van der Waals surface area contributed by atoms with Gasteiger partial charge in [0.05, 0.1) is 6.61 Å². The Kier molecular flexibility index (Phi) is 6.63. The summed E-state index contributed by atoms with van der Waals surface area (Å²) in [5.41, 5.74) is 1.20. The Morgan fingerprint density at radius 3 is 2.22 bits per heavy atom. The Hall–Kier alpha value is -1.18.